The van der Waals surface area contributed by atoms with Gasteiger partial charge in [-0.25, -0.2) is 8.78 Å². The molecule has 0 radical (unpaired) electrons. The highest BCUT2D eigenvalue weighted by Crippen LogP contribution is 2.16. The Hall–Kier alpha value is -1.53. The third kappa shape index (κ3) is 5.63. The van der Waals surface area contributed by atoms with Gasteiger partial charge in [0, 0.05) is 12.2 Å². The number of benzene rings is 1. The number of aliphatic hydroxyl groups is 1. The summed E-state index contributed by atoms with van der Waals surface area (Å²) in [7, 11) is 0. The molecule has 0 bridgehead atoms. The Balaban J connectivity index is 2.62. The van der Waals surface area contributed by atoms with Crippen molar-refractivity contribution in [2.24, 2.45) is 0 Å². The first-order valence-electron chi connectivity index (χ1n) is 6.41. The van der Waals surface area contributed by atoms with Gasteiger partial charge >= 0.3 is 0 Å². The predicted octanol–water partition coefficient (Wildman–Crippen LogP) is 1.80. The van der Waals surface area contributed by atoms with Crippen molar-refractivity contribution in [3.8, 4) is 0 Å². The quantitative estimate of drug-likeness (QED) is 0.803. The maximum absolute atomic E-state index is 12.3. The van der Waals surface area contributed by atoms with E-state index in [9.17, 15) is 13.6 Å². The Morgan fingerprint density at radius 2 is 2.10 bits per heavy atom. The topological polar surface area (TPSA) is 52.6 Å². The van der Waals surface area contributed by atoms with Gasteiger partial charge in [0.15, 0.2) is 0 Å². The summed E-state index contributed by atoms with van der Waals surface area (Å²) in [5.74, 6) is -0.368. The minimum absolute atomic E-state index is 0.0462. The van der Waals surface area contributed by atoms with E-state index in [-0.39, 0.29) is 25.6 Å². The van der Waals surface area contributed by atoms with Crippen molar-refractivity contribution in [1.82, 2.24) is 4.90 Å². The minimum atomic E-state index is -2.53. The smallest absolute Gasteiger partial charge is 0.251 e. The predicted molar refractivity (Wildman–Crippen MR) is 74.1 cm³/mol. The molecule has 2 N–H and O–H groups in total. The normalized spacial score (nSPS) is 11.2. The van der Waals surface area contributed by atoms with Crippen molar-refractivity contribution < 1.29 is 18.7 Å². The zero-order valence-corrected chi connectivity index (χ0v) is 11.7. The molecule has 0 aliphatic heterocycles. The van der Waals surface area contributed by atoms with Gasteiger partial charge in [-0.05, 0) is 31.0 Å². The number of hydrogen-bond acceptors (Lipinski definition) is 3. The molecule has 1 amide bonds. The van der Waals surface area contributed by atoms with Gasteiger partial charge in [0.2, 0.25) is 5.91 Å². The number of aryl methyl sites for hydroxylation is 2. The number of carbonyl (C=O) groups is 1. The zero-order valence-electron chi connectivity index (χ0n) is 11.7. The van der Waals surface area contributed by atoms with Crippen molar-refractivity contribution >= 4 is 11.6 Å². The number of hydrogen-bond donors (Lipinski definition) is 2. The first-order chi connectivity index (χ1) is 9.42. The molecule has 1 aromatic carbocycles. The molecule has 112 valence electrons. The highest BCUT2D eigenvalue weighted by Gasteiger charge is 2.15. The van der Waals surface area contributed by atoms with Gasteiger partial charge in [-0.2, -0.15) is 0 Å². The number of amides is 1. The first kappa shape index (κ1) is 16.5. The number of anilines is 1. The van der Waals surface area contributed by atoms with E-state index in [1.165, 1.54) is 4.90 Å². The summed E-state index contributed by atoms with van der Waals surface area (Å²) in [6.07, 6.45) is -2.53. The maximum atomic E-state index is 12.3. The fraction of sp³-hybridized carbons (Fsp3) is 0.500. The largest absolute Gasteiger partial charge is 0.395 e. The molecule has 0 heterocycles. The number of carbonyl (C=O) groups excluding carboxylic acids is 1. The van der Waals surface area contributed by atoms with Crippen LogP contribution in [-0.4, -0.2) is 48.6 Å². The van der Waals surface area contributed by atoms with E-state index in [0.29, 0.717) is 5.69 Å². The number of nitrogens with one attached hydrogen (secondary N) is 1. The summed E-state index contributed by atoms with van der Waals surface area (Å²) in [6, 6.07) is 5.65. The monoisotopic (exact) mass is 286 g/mol. The summed E-state index contributed by atoms with van der Waals surface area (Å²) < 4.78 is 24.7. The molecule has 0 aromatic heterocycles. The Morgan fingerprint density at radius 3 is 2.70 bits per heavy atom. The number of rotatable bonds is 7. The average molecular weight is 286 g/mol. The molecule has 0 spiro atoms. The van der Waals surface area contributed by atoms with Crippen LogP contribution >= 0.6 is 0 Å². The van der Waals surface area contributed by atoms with Crippen LogP contribution in [0.4, 0.5) is 14.5 Å². The van der Waals surface area contributed by atoms with Crippen molar-refractivity contribution in [2.75, 3.05) is 31.6 Å². The lowest BCUT2D eigenvalue weighted by molar-refractivity contribution is -0.117. The van der Waals surface area contributed by atoms with Crippen LogP contribution in [0.5, 0.6) is 0 Å². The van der Waals surface area contributed by atoms with E-state index in [1.54, 1.807) is 0 Å². The second-order valence-corrected chi connectivity index (χ2v) is 4.72. The van der Waals surface area contributed by atoms with E-state index in [4.69, 9.17) is 5.11 Å². The Labute approximate surface area is 117 Å². The van der Waals surface area contributed by atoms with E-state index >= 15 is 0 Å². The van der Waals surface area contributed by atoms with Crippen LogP contribution in [0.15, 0.2) is 18.2 Å². The molecule has 6 heteroatoms. The molecule has 0 atom stereocenters. The molecule has 0 aliphatic carbocycles. The van der Waals surface area contributed by atoms with E-state index in [0.717, 1.165) is 11.1 Å². The van der Waals surface area contributed by atoms with Crippen LogP contribution < -0.4 is 5.32 Å². The second kappa shape index (κ2) is 7.91. The maximum Gasteiger partial charge on any atom is 0.251 e. The molecular formula is C14H20F2N2O2. The second-order valence-electron chi connectivity index (χ2n) is 4.72. The Morgan fingerprint density at radius 1 is 1.40 bits per heavy atom. The van der Waals surface area contributed by atoms with Crippen LogP contribution in [-0.2, 0) is 4.79 Å². The third-order valence-electron chi connectivity index (χ3n) is 2.85. The van der Waals surface area contributed by atoms with Gasteiger partial charge in [-0.1, -0.05) is 12.1 Å². The van der Waals surface area contributed by atoms with E-state index in [2.05, 4.69) is 5.32 Å². The van der Waals surface area contributed by atoms with Gasteiger partial charge in [-0.3, -0.25) is 9.69 Å². The number of aliphatic hydroxyl groups excluding tert-OH is 1. The molecule has 0 saturated heterocycles. The van der Waals surface area contributed by atoms with Crippen LogP contribution in [0.2, 0.25) is 0 Å². The highest BCUT2D eigenvalue weighted by atomic mass is 19.3. The summed E-state index contributed by atoms with van der Waals surface area (Å²) in [5.41, 5.74) is 2.59. The zero-order chi connectivity index (χ0) is 15.1. The number of alkyl halides is 2. The fourth-order valence-electron chi connectivity index (χ4n) is 1.83. The van der Waals surface area contributed by atoms with Gasteiger partial charge in [-0.15, -0.1) is 0 Å². The van der Waals surface area contributed by atoms with E-state index in [1.807, 2.05) is 32.0 Å². The molecule has 0 saturated carbocycles. The van der Waals surface area contributed by atoms with Crippen molar-refractivity contribution in [1.29, 1.82) is 0 Å². The molecule has 1 rings (SSSR count). The molecule has 0 fully saturated rings. The lowest BCUT2D eigenvalue weighted by Crippen LogP contribution is -2.38. The summed E-state index contributed by atoms with van der Waals surface area (Å²) in [4.78, 5) is 13.1. The van der Waals surface area contributed by atoms with Gasteiger partial charge in [0.25, 0.3) is 6.43 Å². The highest BCUT2D eigenvalue weighted by molar-refractivity contribution is 5.93. The Bertz CT molecular complexity index is 453. The average Bonchev–Trinajstić information content (AvgIpc) is 2.33. The lowest BCUT2D eigenvalue weighted by atomic mass is 10.1. The van der Waals surface area contributed by atoms with Crippen LogP contribution in [0.1, 0.15) is 11.1 Å². The van der Waals surface area contributed by atoms with Gasteiger partial charge in [0.05, 0.1) is 19.7 Å². The van der Waals surface area contributed by atoms with Crippen molar-refractivity contribution in [3.63, 3.8) is 0 Å². The standard InChI is InChI=1S/C14H20F2N2O2/c1-10-3-4-11(2)12(7-10)17-14(20)9-18(5-6-19)8-13(15)16/h3-4,7,13,19H,5-6,8-9H2,1-2H3,(H,17,20). The summed E-state index contributed by atoms with van der Waals surface area (Å²) in [5, 5.41) is 11.5. The summed E-state index contributed by atoms with van der Waals surface area (Å²) in [6.45, 7) is 2.86. The minimum Gasteiger partial charge on any atom is -0.395 e. The van der Waals surface area contributed by atoms with Crippen molar-refractivity contribution in [3.05, 3.63) is 29.3 Å². The molecule has 0 unspecified atom stereocenters. The van der Waals surface area contributed by atoms with Crippen LogP contribution in [0.25, 0.3) is 0 Å². The molecular weight excluding hydrogens is 266 g/mol. The molecule has 0 aliphatic rings. The third-order valence-corrected chi connectivity index (χ3v) is 2.85. The lowest BCUT2D eigenvalue weighted by Gasteiger charge is -2.20. The van der Waals surface area contributed by atoms with E-state index < -0.39 is 13.0 Å². The first-order valence-corrected chi connectivity index (χ1v) is 6.41. The number of halogens is 2. The molecule has 1 aromatic rings. The number of nitrogens with zero attached hydrogens (tertiary/aromatic N) is 1. The SMILES string of the molecule is Cc1ccc(C)c(NC(=O)CN(CCO)CC(F)F)c1. The van der Waals surface area contributed by atoms with Crippen molar-refractivity contribution in [2.45, 2.75) is 20.3 Å². The Kier molecular flexibility index (Phi) is 6.54. The van der Waals surface area contributed by atoms with Crippen LogP contribution in [0.3, 0.4) is 0 Å². The molecule has 20 heavy (non-hydrogen) atoms. The summed E-state index contributed by atoms with van der Waals surface area (Å²) >= 11 is 0. The van der Waals surface area contributed by atoms with Gasteiger partial charge < -0.3 is 10.4 Å². The fourth-order valence-corrected chi connectivity index (χ4v) is 1.83. The van der Waals surface area contributed by atoms with Gasteiger partial charge in [0.1, 0.15) is 0 Å². The van der Waals surface area contributed by atoms with Crippen LogP contribution in [0, 0.1) is 13.8 Å². The molecule has 4 nitrogen and oxygen atoms in total.